The molecule has 1 N–H and O–H groups in total. The number of aliphatic hydroxyl groups is 1. The predicted octanol–water partition coefficient (Wildman–Crippen LogP) is 6.52. The maximum absolute atomic E-state index is 13.3. The average molecular weight is 576 g/mol. The highest BCUT2D eigenvalue weighted by atomic mass is 19.3. The van der Waals surface area contributed by atoms with E-state index in [4.69, 9.17) is 18.8 Å². The molecule has 0 unspecified atom stereocenters. The summed E-state index contributed by atoms with van der Waals surface area (Å²) in [5, 5.41) is 10.5. The molecule has 2 heterocycles. The highest BCUT2D eigenvalue weighted by Gasteiger charge is 2.35. The molecule has 0 radical (unpaired) electrons. The van der Waals surface area contributed by atoms with Crippen LogP contribution in [0.3, 0.4) is 0 Å². The van der Waals surface area contributed by atoms with E-state index in [1.807, 2.05) is 45.0 Å². The van der Waals surface area contributed by atoms with E-state index in [1.165, 1.54) is 6.07 Å². The Morgan fingerprint density at radius 3 is 2.29 bits per heavy atom. The molecular weight excluding hydrogens is 537 g/mol. The predicted molar refractivity (Wildman–Crippen MR) is 164 cm³/mol. The van der Waals surface area contributed by atoms with Crippen molar-refractivity contribution in [2.45, 2.75) is 78.7 Å². The van der Waals surface area contributed by atoms with Gasteiger partial charge in [0.2, 0.25) is 5.89 Å². The lowest BCUT2D eigenvalue weighted by Gasteiger charge is -2.37. The molecule has 1 aromatic heterocycles. The average Bonchev–Trinajstić information content (AvgIpc) is 3.57. The Bertz CT molecular complexity index is 1570. The zero-order valence-corrected chi connectivity index (χ0v) is 25.3. The Hall–Kier alpha value is -3.27. The van der Waals surface area contributed by atoms with Gasteiger partial charge in [-0.1, -0.05) is 30.3 Å². The lowest BCUT2D eigenvalue weighted by molar-refractivity contribution is -0.0893. The number of halogens is 2. The zero-order chi connectivity index (χ0) is 30.2. The van der Waals surface area contributed by atoms with E-state index >= 15 is 0 Å². The molecule has 9 heteroatoms. The molecule has 0 spiro atoms. The van der Waals surface area contributed by atoms with Gasteiger partial charge in [0, 0.05) is 23.7 Å². The molecule has 0 amide bonds. The van der Waals surface area contributed by atoms with Crippen LogP contribution in [-0.4, -0.2) is 53.4 Å². The molecule has 1 aliphatic rings. The van der Waals surface area contributed by atoms with Crippen molar-refractivity contribution in [3.63, 3.8) is 0 Å². The molecule has 222 valence electrons. The summed E-state index contributed by atoms with van der Waals surface area (Å²) in [4.78, 5) is 7.02. The van der Waals surface area contributed by atoms with Crippen molar-refractivity contribution in [1.29, 1.82) is 0 Å². The summed E-state index contributed by atoms with van der Waals surface area (Å²) in [6.45, 7) is 10.9. The Balaban J connectivity index is 1.48. The molecule has 1 fully saturated rings. The van der Waals surface area contributed by atoms with Gasteiger partial charge >= 0.3 is 14.1 Å². The third kappa shape index (κ3) is 6.24. The summed E-state index contributed by atoms with van der Waals surface area (Å²) in [5.41, 5.74) is 6.00. The van der Waals surface area contributed by atoms with Gasteiger partial charge < -0.3 is 18.9 Å². The molecule has 3 aromatic carbocycles. The minimum absolute atomic E-state index is 0.125. The van der Waals surface area contributed by atoms with Crippen LogP contribution in [0.15, 0.2) is 52.9 Å². The molecule has 1 aliphatic heterocycles. The maximum Gasteiger partial charge on any atom is 0.387 e. The number of rotatable bonds is 10. The van der Waals surface area contributed by atoms with Crippen LogP contribution in [0.5, 0.6) is 5.75 Å². The number of nitrogens with zero attached hydrogens (tertiary/aromatic N) is 2. The second kappa shape index (κ2) is 11.8. The molecule has 42 heavy (non-hydrogen) atoms. The zero-order valence-electron chi connectivity index (χ0n) is 25.3. The first-order chi connectivity index (χ1) is 19.8. The van der Waals surface area contributed by atoms with Gasteiger partial charge in [-0.25, -0.2) is 4.98 Å². The van der Waals surface area contributed by atoms with Gasteiger partial charge in [-0.15, -0.1) is 0 Å². The van der Waals surface area contributed by atoms with Crippen molar-refractivity contribution in [2.24, 2.45) is 0 Å². The summed E-state index contributed by atoms with van der Waals surface area (Å²) in [6, 6.07) is 15.5. The fourth-order valence-electron chi connectivity index (χ4n) is 5.35. The normalized spacial score (nSPS) is 14.7. The minimum atomic E-state index is -2.92. The quantitative estimate of drug-likeness (QED) is 0.217. The molecule has 0 saturated carbocycles. The van der Waals surface area contributed by atoms with Crippen molar-refractivity contribution in [1.82, 2.24) is 9.88 Å². The Morgan fingerprint density at radius 1 is 0.976 bits per heavy atom. The van der Waals surface area contributed by atoms with E-state index in [1.54, 1.807) is 19.9 Å². The standard InChI is InChI=1S/C33H39BF2N2O4/c1-20-23(24-12-10-14-26(21(24)2)34-42-33(5,6)32(3,4)39)11-9-13-25(20)30-37-27-17-22(19-38-15-7-8-16-38)28(41-31(35)36)18-29(27)40-30/h9-14,17-18,31,34,39H,7-8,15-16,19H2,1-6H3. The molecule has 4 aromatic rings. The summed E-state index contributed by atoms with van der Waals surface area (Å²) >= 11 is 0. The summed E-state index contributed by atoms with van der Waals surface area (Å²) < 4.78 is 43.7. The molecule has 5 rings (SSSR count). The molecule has 6 nitrogen and oxygen atoms in total. The van der Waals surface area contributed by atoms with E-state index < -0.39 is 17.8 Å². The number of aromatic nitrogens is 1. The lowest BCUT2D eigenvalue weighted by atomic mass is 9.78. The third-order valence-corrected chi connectivity index (χ3v) is 8.74. The Morgan fingerprint density at radius 2 is 1.62 bits per heavy atom. The van der Waals surface area contributed by atoms with Crippen LogP contribution in [0.1, 0.15) is 57.2 Å². The number of ether oxygens (including phenoxy) is 1. The van der Waals surface area contributed by atoms with Gasteiger partial charge in [0.25, 0.3) is 0 Å². The van der Waals surface area contributed by atoms with E-state index in [9.17, 15) is 13.9 Å². The number of likely N-dealkylation sites (tertiary alicyclic amines) is 1. The molecular formula is C33H39BF2N2O4. The number of hydrogen-bond donors (Lipinski definition) is 1. The van der Waals surface area contributed by atoms with Crippen LogP contribution in [0, 0.1) is 13.8 Å². The highest BCUT2D eigenvalue weighted by Crippen LogP contribution is 2.36. The lowest BCUT2D eigenvalue weighted by Crippen LogP contribution is -2.49. The van der Waals surface area contributed by atoms with Crippen LogP contribution >= 0.6 is 0 Å². The minimum Gasteiger partial charge on any atom is -0.436 e. The van der Waals surface area contributed by atoms with Crippen LogP contribution in [0.4, 0.5) is 8.78 Å². The van der Waals surface area contributed by atoms with Crippen LogP contribution < -0.4 is 10.2 Å². The van der Waals surface area contributed by atoms with Gasteiger partial charge in [-0.05, 0) is 107 Å². The SMILES string of the molecule is Cc1c(BOC(C)(C)C(C)(C)O)cccc1-c1cccc(-c2nc3cc(CN4CCCC4)c(OC(F)F)cc3o2)c1C. The van der Waals surface area contributed by atoms with Gasteiger partial charge in [-0.2, -0.15) is 8.78 Å². The fourth-order valence-corrected chi connectivity index (χ4v) is 5.35. The number of benzene rings is 3. The molecule has 0 aliphatic carbocycles. The monoisotopic (exact) mass is 576 g/mol. The molecule has 0 bridgehead atoms. The van der Waals surface area contributed by atoms with Crippen molar-refractivity contribution in [3.8, 4) is 28.3 Å². The Kier molecular flexibility index (Phi) is 8.47. The number of fused-ring (bicyclic) bond motifs is 1. The summed E-state index contributed by atoms with van der Waals surface area (Å²) in [6.07, 6.45) is 2.20. The number of oxazole rings is 1. The largest absolute Gasteiger partial charge is 0.436 e. The first-order valence-electron chi connectivity index (χ1n) is 14.5. The second-order valence-corrected chi connectivity index (χ2v) is 12.2. The van der Waals surface area contributed by atoms with E-state index in [0.29, 0.717) is 36.6 Å². The molecule has 0 atom stereocenters. The topological polar surface area (TPSA) is 68.0 Å². The van der Waals surface area contributed by atoms with Gasteiger partial charge in [0.1, 0.15) is 11.3 Å². The molecule has 1 saturated heterocycles. The maximum atomic E-state index is 13.3. The van der Waals surface area contributed by atoms with Crippen molar-refractivity contribution >= 4 is 24.0 Å². The van der Waals surface area contributed by atoms with E-state index in [2.05, 4.69) is 24.0 Å². The van der Waals surface area contributed by atoms with Crippen LogP contribution in [0.25, 0.3) is 33.7 Å². The summed E-state index contributed by atoms with van der Waals surface area (Å²) in [7, 11) is 0.364. The van der Waals surface area contributed by atoms with Gasteiger partial charge in [0.05, 0.1) is 11.2 Å². The second-order valence-electron chi connectivity index (χ2n) is 12.2. The number of alkyl halides is 2. The third-order valence-electron chi connectivity index (χ3n) is 8.74. The van der Waals surface area contributed by atoms with Gasteiger partial charge in [0.15, 0.2) is 5.58 Å². The van der Waals surface area contributed by atoms with E-state index in [0.717, 1.165) is 59.2 Å². The van der Waals surface area contributed by atoms with Crippen LogP contribution in [-0.2, 0) is 11.2 Å². The van der Waals surface area contributed by atoms with Crippen molar-refractivity contribution < 1.29 is 27.7 Å². The smallest absolute Gasteiger partial charge is 0.387 e. The summed E-state index contributed by atoms with van der Waals surface area (Å²) in [5.74, 6) is 0.551. The van der Waals surface area contributed by atoms with Crippen LogP contribution in [0.2, 0.25) is 0 Å². The highest BCUT2D eigenvalue weighted by molar-refractivity contribution is 6.48. The number of hydrogen-bond acceptors (Lipinski definition) is 6. The first kappa shape index (κ1) is 30.2. The van der Waals surface area contributed by atoms with Crippen molar-refractivity contribution in [2.75, 3.05) is 13.1 Å². The fraction of sp³-hybridized carbons (Fsp3) is 0.424. The first-order valence-corrected chi connectivity index (χ1v) is 14.5. The Labute approximate surface area is 246 Å². The van der Waals surface area contributed by atoms with Crippen molar-refractivity contribution in [3.05, 3.63) is 65.2 Å². The van der Waals surface area contributed by atoms with E-state index in [-0.39, 0.29) is 5.75 Å². The van der Waals surface area contributed by atoms with Gasteiger partial charge in [-0.3, -0.25) is 4.90 Å².